The Hall–Kier alpha value is -2.10. The van der Waals surface area contributed by atoms with E-state index in [2.05, 4.69) is 11.3 Å². The average Bonchev–Trinajstić information content (AvgIpc) is 3.07. The van der Waals surface area contributed by atoms with E-state index in [1.165, 1.54) is 0 Å². The Labute approximate surface area is 127 Å². The zero-order valence-electron chi connectivity index (χ0n) is 11.4. The minimum absolute atomic E-state index is 0.784. The average molecular weight is 336 g/mol. The zero-order valence-corrected chi connectivity index (χ0v) is 11.4. The van der Waals surface area contributed by atoms with Crippen LogP contribution in [0.2, 0.25) is 0 Å². The van der Waals surface area contributed by atoms with Gasteiger partial charge in [0.1, 0.15) is 24.0 Å². The first kappa shape index (κ1) is 15.8. The van der Waals surface area contributed by atoms with Crippen LogP contribution in [0.4, 0.5) is 13.2 Å². The number of alkyl halides is 3. The van der Waals surface area contributed by atoms with Crippen molar-refractivity contribution in [3.8, 4) is 0 Å². The second-order valence-electron chi connectivity index (χ2n) is 5.35. The predicted octanol–water partition coefficient (Wildman–Crippen LogP) is 0.128. The van der Waals surface area contributed by atoms with E-state index in [9.17, 15) is 27.6 Å². The molecule has 0 saturated carbocycles. The lowest BCUT2D eigenvalue weighted by Gasteiger charge is -2.26. The van der Waals surface area contributed by atoms with Gasteiger partial charge in [-0.3, -0.25) is 9.59 Å². The summed E-state index contributed by atoms with van der Waals surface area (Å²) in [4.78, 5) is 35.1. The second-order valence-corrected chi connectivity index (χ2v) is 5.35. The van der Waals surface area contributed by atoms with Crippen molar-refractivity contribution in [1.82, 2.24) is 0 Å². The summed E-state index contributed by atoms with van der Waals surface area (Å²) in [6.07, 6.45) is -7.73. The van der Waals surface area contributed by atoms with Crippen LogP contribution in [-0.4, -0.2) is 55.1 Å². The number of carbonyl (C=O) groups is 3. The quantitative estimate of drug-likeness (QED) is 0.409. The molecule has 0 aromatic heterocycles. The standard InChI is InChI=1S/C13H11F3O7/c1-2-4(17)21-9-7-5(11(18)20-3-13(14,15)16)6-8(22-7)10(9)23-12(6)19/h2,5-10H,1,3H2. The summed E-state index contributed by atoms with van der Waals surface area (Å²) in [5.74, 6) is -5.21. The number of fused-ring (bicyclic) bond motifs is 1. The van der Waals surface area contributed by atoms with Gasteiger partial charge in [-0.2, -0.15) is 13.2 Å². The molecule has 3 rings (SSSR count). The topological polar surface area (TPSA) is 88.1 Å². The van der Waals surface area contributed by atoms with Crippen LogP contribution in [0.15, 0.2) is 12.7 Å². The lowest BCUT2D eigenvalue weighted by Crippen LogP contribution is -2.48. The van der Waals surface area contributed by atoms with Gasteiger partial charge >= 0.3 is 24.1 Å². The number of carbonyl (C=O) groups excluding carboxylic acids is 3. The molecule has 2 bridgehead atoms. The Morgan fingerprint density at radius 2 is 1.96 bits per heavy atom. The molecule has 6 atom stereocenters. The van der Waals surface area contributed by atoms with Crippen molar-refractivity contribution in [2.75, 3.05) is 6.61 Å². The molecule has 0 aliphatic carbocycles. The molecule has 3 saturated heterocycles. The number of hydrogen-bond donors (Lipinski definition) is 0. The SMILES string of the molecule is C=CC(=O)OC1C2OC(=O)C3C2OC1C3C(=O)OCC(F)(F)F. The van der Waals surface area contributed by atoms with Crippen LogP contribution in [-0.2, 0) is 33.3 Å². The highest BCUT2D eigenvalue weighted by molar-refractivity contribution is 5.87. The number of rotatable bonds is 4. The number of ether oxygens (including phenoxy) is 4. The predicted molar refractivity (Wildman–Crippen MR) is 62.6 cm³/mol. The summed E-state index contributed by atoms with van der Waals surface area (Å²) in [6, 6.07) is 0. The number of halogens is 3. The van der Waals surface area contributed by atoms with Crippen LogP contribution in [0.1, 0.15) is 0 Å². The molecule has 0 amide bonds. The van der Waals surface area contributed by atoms with E-state index in [4.69, 9.17) is 14.2 Å². The molecule has 7 nitrogen and oxygen atoms in total. The zero-order chi connectivity index (χ0) is 16.9. The highest BCUT2D eigenvalue weighted by Crippen LogP contribution is 2.51. The maximum Gasteiger partial charge on any atom is 0.422 e. The van der Waals surface area contributed by atoms with Gasteiger partial charge in [0, 0.05) is 6.08 Å². The van der Waals surface area contributed by atoms with Crippen LogP contribution < -0.4 is 0 Å². The van der Waals surface area contributed by atoms with Gasteiger partial charge in [-0.25, -0.2) is 4.79 Å². The summed E-state index contributed by atoms with van der Waals surface area (Å²) in [5, 5.41) is 0. The van der Waals surface area contributed by atoms with E-state index in [0.29, 0.717) is 0 Å². The second kappa shape index (κ2) is 5.22. The molecule has 3 fully saturated rings. The van der Waals surface area contributed by atoms with Gasteiger partial charge in [0.2, 0.25) is 0 Å². The van der Waals surface area contributed by atoms with Gasteiger partial charge in [0.15, 0.2) is 18.8 Å². The Kier molecular flexibility index (Phi) is 3.58. The molecule has 0 radical (unpaired) electrons. The maximum absolute atomic E-state index is 12.2. The largest absolute Gasteiger partial charge is 0.456 e. The molecule has 0 N–H and O–H groups in total. The van der Waals surface area contributed by atoms with Crippen molar-refractivity contribution in [3.63, 3.8) is 0 Å². The fourth-order valence-electron chi connectivity index (χ4n) is 3.17. The lowest BCUT2D eigenvalue weighted by atomic mass is 9.78. The third kappa shape index (κ3) is 2.56. The molecular formula is C13H11F3O7. The minimum Gasteiger partial charge on any atom is -0.456 e. The van der Waals surface area contributed by atoms with Crippen LogP contribution in [0.5, 0.6) is 0 Å². The Balaban J connectivity index is 1.78. The van der Waals surface area contributed by atoms with Gasteiger partial charge in [0.25, 0.3) is 0 Å². The van der Waals surface area contributed by atoms with Crippen LogP contribution in [0.25, 0.3) is 0 Å². The third-order valence-electron chi connectivity index (χ3n) is 3.97. The summed E-state index contributed by atoms with van der Waals surface area (Å²) >= 11 is 0. The first-order valence-electron chi connectivity index (χ1n) is 6.65. The van der Waals surface area contributed by atoms with Crippen molar-refractivity contribution in [2.45, 2.75) is 30.6 Å². The fraction of sp³-hybridized carbons (Fsp3) is 0.615. The molecule has 0 spiro atoms. The molecule has 3 aliphatic rings. The Morgan fingerprint density at radius 3 is 2.57 bits per heavy atom. The molecule has 3 aliphatic heterocycles. The highest BCUT2D eigenvalue weighted by atomic mass is 19.4. The summed E-state index contributed by atoms with van der Waals surface area (Å²) in [6.45, 7) is 1.44. The van der Waals surface area contributed by atoms with Crippen LogP contribution >= 0.6 is 0 Å². The van der Waals surface area contributed by atoms with Gasteiger partial charge in [-0.05, 0) is 0 Å². The monoisotopic (exact) mass is 336 g/mol. The minimum atomic E-state index is -4.69. The van der Waals surface area contributed by atoms with Crippen LogP contribution in [0, 0.1) is 11.8 Å². The molecule has 23 heavy (non-hydrogen) atoms. The summed E-state index contributed by atoms with van der Waals surface area (Å²) in [7, 11) is 0. The maximum atomic E-state index is 12.2. The fourth-order valence-corrected chi connectivity index (χ4v) is 3.17. The Morgan fingerprint density at radius 1 is 1.26 bits per heavy atom. The van der Waals surface area contributed by atoms with Crippen molar-refractivity contribution in [1.29, 1.82) is 0 Å². The van der Waals surface area contributed by atoms with E-state index in [-0.39, 0.29) is 0 Å². The Bertz CT molecular complexity index is 572. The molecule has 3 heterocycles. The van der Waals surface area contributed by atoms with Gasteiger partial charge in [0.05, 0.1) is 0 Å². The molecule has 10 heteroatoms. The molecule has 0 aromatic carbocycles. The smallest absolute Gasteiger partial charge is 0.422 e. The highest BCUT2D eigenvalue weighted by Gasteiger charge is 2.72. The third-order valence-corrected chi connectivity index (χ3v) is 3.97. The first-order chi connectivity index (χ1) is 10.7. The van der Waals surface area contributed by atoms with E-state index in [1.807, 2.05) is 0 Å². The van der Waals surface area contributed by atoms with Crippen molar-refractivity contribution < 1.29 is 46.5 Å². The van der Waals surface area contributed by atoms with E-state index >= 15 is 0 Å². The van der Waals surface area contributed by atoms with Crippen molar-refractivity contribution >= 4 is 17.9 Å². The van der Waals surface area contributed by atoms with E-state index in [1.54, 1.807) is 0 Å². The summed E-state index contributed by atoms with van der Waals surface area (Å²) < 4.78 is 56.2. The van der Waals surface area contributed by atoms with E-state index in [0.717, 1.165) is 6.08 Å². The molecule has 0 aromatic rings. The van der Waals surface area contributed by atoms with Gasteiger partial charge in [-0.15, -0.1) is 0 Å². The first-order valence-corrected chi connectivity index (χ1v) is 6.65. The molecule has 6 unspecified atom stereocenters. The molecule has 126 valence electrons. The lowest BCUT2D eigenvalue weighted by molar-refractivity contribution is -0.192. The van der Waals surface area contributed by atoms with E-state index < -0.39 is 66.9 Å². The van der Waals surface area contributed by atoms with Crippen molar-refractivity contribution in [2.24, 2.45) is 11.8 Å². The van der Waals surface area contributed by atoms with Crippen LogP contribution in [0.3, 0.4) is 0 Å². The number of hydrogen-bond acceptors (Lipinski definition) is 7. The normalized spacial score (nSPS) is 37.4. The number of esters is 3. The van der Waals surface area contributed by atoms with Gasteiger partial charge < -0.3 is 18.9 Å². The summed E-state index contributed by atoms with van der Waals surface area (Å²) in [5.41, 5.74) is 0. The molecular weight excluding hydrogens is 325 g/mol. The van der Waals surface area contributed by atoms with Crippen molar-refractivity contribution in [3.05, 3.63) is 12.7 Å². The van der Waals surface area contributed by atoms with Gasteiger partial charge in [-0.1, -0.05) is 6.58 Å².